The van der Waals surface area contributed by atoms with Gasteiger partial charge in [0, 0.05) is 0 Å². The summed E-state index contributed by atoms with van der Waals surface area (Å²) in [5.41, 5.74) is 0. The van der Waals surface area contributed by atoms with Gasteiger partial charge in [-0.3, -0.25) is 0 Å². The van der Waals surface area contributed by atoms with Crippen LogP contribution in [-0.4, -0.2) is 13.2 Å². The number of unbranched alkanes of at least 4 members (excludes halogenated alkanes) is 7. The number of hydrogen-bond acceptors (Lipinski definition) is 2. The molecule has 2 heteroatoms. The first-order valence-corrected chi connectivity index (χ1v) is 6.66. The molecule has 0 fully saturated rings. The Bertz CT molecular complexity index is 92.7. The molecule has 0 saturated carbocycles. The van der Waals surface area contributed by atoms with Gasteiger partial charge in [-0.1, -0.05) is 58.8 Å². The van der Waals surface area contributed by atoms with Crippen molar-refractivity contribution in [2.75, 3.05) is 13.2 Å². The third kappa shape index (κ3) is 13.9. The normalized spacial score (nSPS) is 10.8. The molecule has 0 N–H and O–H groups in total. The minimum atomic E-state index is 0.719. The fourth-order valence-corrected chi connectivity index (χ4v) is 1.50. The van der Waals surface area contributed by atoms with Gasteiger partial charge in [-0.15, -0.1) is 0 Å². The first kappa shape index (κ1) is 14.9. The van der Waals surface area contributed by atoms with Gasteiger partial charge in [-0.05, 0) is 12.8 Å². The average Bonchev–Trinajstić information content (AvgIpc) is 2.26. The molecule has 0 atom stereocenters. The van der Waals surface area contributed by atoms with Gasteiger partial charge in [-0.25, -0.2) is 9.78 Å². The average molecular weight is 216 g/mol. The minimum Gasteiger partial charge on any atom is -0.237 e. The molecule has 0 aromatic carbocycles. The van der Waals surface area contributed by atoms with Crippen molar-refractivity contribution in [3.8, 4) is 0 Å². The second-order valence-corrected chi connectivity index (χ2v) is 4.12. The second kappa shape index (κ2) is 13.9. The molecule has 0 unspecified atom stereocenters. The molecular weight excluding hydrogens is 188 g/mol. The molecule has 92 valence electrons. The lowest BCUT2D eigenvalue weighted by Crippen LogP contribution is -1.97. The zero-order valence-corrected chi connectivity index (χ0v) is 10.6. The van der Waals surface area contributed by atoms with Crippen LogP contribution in [0.25, 0.3) is 0 Å². The molecular formula is C13H28O2. The standard InChI is InChI=1S/C13H28O2/c1-3-5-6-7-8-9-10-11-13-15-14-12-4-2/h3-13H2,1-2H3. The van der Waals surface area contributed by atoms with E-state index < -0.39 is 0 Å². The van der Waals surface area contributed by atoms with Crippen LogP contribution in [0.3, 0.4) is 0 Å². The highest BCUT2D eigenvalue weighted by molar-refractivity contribution is 4.45. The largest absolute Gasteiger partial charge is 0.237 e. The predicted octanol–water partition coefficient (Wildman–Crippen LogP) is 4.49. The van der Waals surface area contributed by atoms with Crippen LogP contribution in [0.1, 0.15) is 71.6 Å². The summed E-state index contributed by atoms with van der Waals surface area (Å²) in [5, 5.41) is 0. The van der Waals surface area contributed by atoms with Crippen LogP contribution in [0.4, 0.5) is 0 Å². The molecule has 0 aliphatic carbocycles. The molecule has 0 aliphatic heterocycles. The van der Waals surface area contributed by atoms with Crippen molar-refractivity contribution in [3.63, 3.8) is 0 Å². The van der Waals surface area contributed by atoms with Gasteiger partial charge in [-0.2, -0.15) is 0 Å². The molecule has 0 aliphatic rings. The molecule has 0 rings (SSSR count). The predicted molar refractivity (Wildman–Crippen MR) is 64.8 cm³/mol. The van der Waals surface area contributed by atoms with E-state index in [4.69, 9.17) is 9.78 Å². The van der Waals surface area contributed by atoms with Gasteiger partial charge in [0.2, 0.25) is 0 Å². The molecule has 0 radical (unpaired) electrons. The third-order valence-electron chi connectivity index (χ3n) is 2.45. The van der Waals surface area contributed by atoms with Crippen LogP contribution >= 0.6 is 0 Å². The molecule has 0 heterocycles. The van der Waals surface area contributed by atoms with Crippen LogP contribution in [-0.2, 0) is 9.78 Å². The highest BCUT2D eigenvalue weighted by atomic mass is 17.2. The van der Waals surface area contributed by atoms with Crippen molar-refractivity contribution in [2.45, 2.75) is 71.6 Å². The van der Waals surface area contributed by atoms with Crippen LogP contribution in [0, 0.1) is 0 Å². The summed E-state index contributed by atoms with van der Waals surface area (Å²) >= 11 is 0. The minimum absolute atomic E-state index is 0.719. The van der Waals surface area contributed by atoms with Crippen molar-refractivity contribution >= 4 is 0 Å². The van der Waals surface area contributed by atoms with Crippen LogP contribution in [0.2, 0.25) is 0 Å². The molecule has 0 bridgehead atoms. The van der Waals surface area contributed by atoms with E-state index in [-0.39, 0.29) is 0 Å². The van der Waals surface area contributed by atoms with Crippen molar-refractivity contribution in [1.82, 2.24) is 0 Å². The van der Waals surface area contributed by atoms with E-state index >= 15 is 0 Å². The summed E-state index contributed by atoms with van der Waals surface area (Å²) in [6.07, 6.45) is 11.7. The van der Waals surface area contributed by atoms with Gasteiger partial charge in [0.05, 0.1) is 13.2 Å². The Labute approximate surface area is 95.3 Å². The SMILES string of the molecule is CCCCCCCCCCOOCCC. The van der Waals surface area contributed by atoms with E-state index in [2.05, 4.69) is 13.8 Å². The van der Waals surface area contributed by atoms with Crippen LogP contribution in [0.15, 0.2) is 0 Å². The number of hydrogen-bond donors (Lipinski definition) is 0. The molecule has 0 aromatic rings. The highest BCUT2D eigenvalue weighted by Gasteiger charge is 1.92. The summed E-state index contributed by atoms with van der Waals surface area (Å²) in [6.45, 7) is 5.82. The molecule has 0 amide bonds. The Kier molecular flexibility index (Phi) is 13.8. The van der Waals surface area contributed by atoms with Gasteiger partial charge in [0.15, 0.2) is 0 Å². The Hall–Kier alpha value is -0.0800. The van der Waals surface area contributed by atoms with Gasteiger partial charge >= 0.3 is 0 Å². The van der Waals surface area contributed by atoms with E-state index in [0.29, 0.717) is 0 Å². The summed E-state index contributed by atoms with van der Waals surface area (Å²) < 4.78 is 0. The zero-order valence-electron chi connectivity index (χ0n) is 10.6. The van der Waals surface area contributed by atoms with Crippen LogP contribution < -0.4 is 0 Å². The summed E-state index contributed by atoms with van der Waals surface area (Å²) in [4.78, 5) is 9.96. The lowest BCUT2D eigenvalue weighted by Gasteiger charge is -2.03. The van der Waals surface area contributed by atoms with E-state index in [1.54, 1.807) is 0 Å². The molecule has 0 saturated heterocycles. The van der Waals surface area contributed by atoms with Crippen molar-refractivity contribution < 1.29 is 9.78 Å². The quantitative estimate of drug-likeness (QED) is 0.272. The third-order valence-corrected chi connectivity index (χ3v) is 2.45. The fourth-order valence-electron chi connectivity index (χ4n) is 1.50. The van der Waals surface area contributed by atoms with Crippen LogP contribution in [0.5, 0.6) is 0 Å². The molecule has 2 nitrogen and oxygen atoms in total. The summed E-state index contributed by atoms with van der Waals surface area (Å²) in [7, 11) is 0. The highest BCUT2D eigenvalue weighted by Crippen LogP contribution is 2.08. The van der Waals surface area contributed by atoms with Gasteiger partial charge in [0.25, 0.3) is 0 Å². The maximum atomic E-state index is 5.02. The van der Waals surface area contributed by atoms with Crippen molar-refractivity contribution in [3.05, 3.63) is 0 Å². The van der Waals surface area contributed by atoms with Crippen molar-refractivity contribution in [2.24, 2.45) is 0 Å². The Morgan fingerprint density at radius 1 is 0.533 bits per heavy atom. The lowest BCUT2D eigenvalue weighted by atomic mass is 10.1. The molecule has 0 aromatic heterocycles. The number of rotatable bonds is 12. The fraction of sp³-hybridized carbons (Fsp3) is 1.00. The zero-order chi connectivity index (χ0) is 11.2. The second-order valence-electron chi connectivity index (χ2n) is 4.12. The van der Waals surface area contributed by atoms with E-state index in [1.165, 1.54) is 44.9 Å². The summed E-state index contributed by atoms with van der Waals surface area (Å²) in [5.74, 6) is 0. The Morgan fingerprint density at radius 2 is 1.07 bits per heavy atom. The van der Waals surface area contributed by atoms with E-state index in [1.807, 2.05) is 0 Å². The maximum absolute atomic E-state index is 5.02. The maximum Gasteiger partial charge on any atom is 0.0822 e. The molecule has 0 spiro atoms. The Balaban J connectivity index is 2.81. The smallest absolute Gasteiger partial charge is 0.0822 e. The van der Waals surface area contributed by atoms with E-state index in [9.17, 15) is 0 Å². The monoisotopic (exact) mass is 216 g/mol. The van der Waals surface area contributed by atoms with Gasteiger partial charge < -0.3 is 0 Å². The summed E-state index contributed by atoms with van der Waals surface area (Å²) in [6, 6.07) is 0. The van der Waals surface area contributed by atoms with Gasteiger partial charge in [0.1, 0.15) is 0 Å². The lowest BCUT2D eigenvalue weighted by molar-refractivity contribution is -0.294. The Morgan fingerprint density at radius 3 is 1.67 bits per heavy atom. The van der Waals surface area contributed by atoms with Crippen molar-refractivity contribution in [1.29, 1.82) is 0 Å². The molecule has 15 heavy (non-hydrogen) atoms. The first-order chi connectivity index (χ1) is 7.41. The van der Waals surface area contributed by atoms with E-state index in [0.717, 1.165) is 26.1 Å². The topological polar surface area (TPSA) is 18.5 Å². The first-order valence-electron chi connectivity index (χ1n) is 6.66.